The molecule has 1 aliphatic rings. The molecule has 0 spiro atoms. The highest BCUT2D eigenvalue weighted by atomic mass is 35.5. The Morgan fingerprint density at radius 2 is 1.89 bits per heavy atom. The minimum absolute atomic E-state index is 0.160. The van der Waals surface area contributed by atoms with Crippen LogP contribution in [0.2, 0.25) is 5.02 Å². The summed E-state index contributed by atoms with van der Waals surface area (Å²) in [7, 11) is 2.97. The lowest BCUT2D eigenvalue weighted by molar-refractivity contribution is -0.118. The second kappa shape index (κ2) is 8.31. The van der Waals surface area contributed by atoms with Crippen LogP contribution in [0.5, 0.6) is 11.5 Å². The lowest BCUT2D eigenvalue weighted by atomic mass is 10.1. The number of aryl methyl sites for hydroxylation is 1. The first-order valence-electron chi connectivity index (χ1n) is 8.63. The number of hydrogen-bond donors (Lipinski definition) is 1. The van der Waals surface area contributed by atoms with Crippen molar-refractivity contribution in [2.45, 2.75) is 19.8 Å². The summed E-state index contributed by atoms with van der Waals surface area (Å²) in [5.41, 5.74) is 2.25. The fraction of sp³-hybridized carbons (Fsp3) is 0.250. The fourth-order valence-electron chi connectivity index (χ4n) is 2.83. The van der Waals surface area contributed by atoms with E-state index in [2.05, 4.69) is 10.4 Å². The Morgan fingerprint density at radius 3 is 2.57 bits per heavy atom. The van der Waals surface area contributed by atoms with E-state index < -0.39 is 5.91 Å². The molecular formula is C20H20ClN3O4. The van der Waals surface area contributed by atoms with Gasteiger partial charge in [0.2, 0.25) is 5.91 Å². The highest BCUT2D eigenvalue weighted by molar-refractivity contribution is 6.44. The molecule has 0 fully saturated rings. The summed E-state index contributed by atoms with van der Waals surface area (Å²) < 4.78 is 10.4. The second-order valence-electron chi connectivity index (χ2n) is 6.23. The van der Waals surface area contributed by atoms with E-state index in [9.17, 15) is 9.59 Å². The molecule has 0 atom stereocenters. The van der Waals surface area contributed by atoms with Crippen molar-refractivity contribution in [3.05, 3.63) is 47.0 Å². The predicted octanol–water partition coefficient (Wildman–Crippen LogP) is 3.79. The number of methoxy groups -OCH3 is 2. The lowest BCUT2D eigenvalue weighted by Gasteiger charge is -2.23. The summed E-state index contributed by atoms with van der Waals surface area (Å²) in [4.78, 5) is 25.0. The number of halogens is 1. The van der Waals surface area contributed by atoms with E-state index in [-0.39, 0.29) is 24.5 Å². The quantitative estimate of drug-likeness (QED) is 0.826. The summed E-state index contributed by atoms with van der Waals surface area (Å²) >= 11 is 6.15. The Kier molecular flexibility index (Phi) is 5.84. The number of anilines is 2. The molecular weight excluding hydrogens is 382 g/mol. The number of amides is 2. The number of carbonyl (C=O) groups excluding carboxylic acids is 2. The summed E-state index contributed by atoms with van der Waals surface area (Å²) in [6.07, 6.45) is 0.444. The third-order valence-corrected chi connectivity index (χ3v) is 4.56. The molecule has 146 valence electrons. The molecule has 0 radical (unpaired) electrons. The van der Waals surface area contributed by atoms with Crippen LogP contribution in [0.4, 0.5) is 11.4 Å². The minimum Gasteiger partial charge on any atom is -0.495 e. The SMILES string of the molecule is COc1cc(OC)c(NC(=O)C2=NN(c3cccc(C)c3)C(=O)CC2)cc1Cl. The molecule has 2 aromatic rings. The zero-order valence-corrected chi connectivity index (χ0v) is 16.5. The van der Waals surface area contributed by atoms with Crippen LogP contribution in [0.15, 0.2) is 41.5 Å². The Hall–Kier alpha value is -3.06. The molecule has 1 aliphatic heterocycles. The van der Waals surface area contributed by atoms with Crippen molar-refractivity contribution < 1.29 is 19.1 Å². The van der Waals surface area contributed by atoms with Crippen molar-refractivity contribution in [1.82, 2.24) is 0 Å². The Morgan fingerprint density at radius 1 is 1.14 bits per heavy atom. The van der Waals surface area contributed by atoms with Crippen molar-refractivity contribution >= 4 is 40.5 Å². The molecule has 0 saturated heterocycles. The molecule has 3 rings (SSSR count). The largest absolute Gasteiger partial charge is 0.495 e. The van der Waals surface area contributed by atoms with Crippen LogP contribution in [0.1, 0.15) is 18.4 Å². The zero-order valence-electron chi connectivity index (χ0n) is 15.8. The number of benzene rings is 2. The smallest absolute Gasteiger partial charge is 0.271 e. The molecule has 0 aliphatic carbocycles. The van der Waals surface area contributed by atoms with Gasteiger partial charge in [-0.2, -0.15) is 5.10 Å². The predicted molar refractivity (Wildman–Crippen MR) is 109 cm³/mol. The minimum atomic E-state index is -0.426. The normalized spacial score (nSPS) is 13.8. The molecule has 0 bridgehead atoms. The number of carbonyl (C=O) groups is 2. The number of hydrogen-bond acceptors (Lipinski definition) is 5. The first-order chi connectivity index (χ1) is 13.4. The first kappa shape index (κ1) is 19.7. The van der Waals surface area contributed by atoms with Crippen LogP contribution in [0, 0.1) is 6.92 Å². The summed E-state index contributed by atoms with van der Waals surface area (Å²) in [6, 6.07) is 10.5. The van der Waals surface area contributed by atoms with Gasteiger partial charge in [0.15, 0.2) is 0 Å². The monoisotopic (exact) mass is 401 g/mol. The number of nitrogens with one attached hydrogen (secondary N) is 1. The molecule has 8 heteroatoms. The average molecular weight is 402 g/mol. The van der Waals surface area contributed by atoms with Crippen molar-refractivity contribution in [3.63, 3.8) is 0 Å². The maximum absolute atomic E-state index is 12.7. The standard InChI is InChI=1S/C20H20ClN3O4/c1-12-5-4-6-13(9-12)24-19(25)8-7-15(23-24)20(26)22-16-10-14(21)17(27-2)11-18(16)28-3/h4-6,9-11H,7-8H2,1-3H3,(H,22,26). The van der Waals surface area contributed by atoms with Gasteiger partial charge in [-0.25, -0.2) is 5.01 Å². The molecule has 1 N–H and O–H groups in total. The van der Waals surface area contributed by atoms with Crippen molar-refractivity contribution in [3.8, 4) is 11.5 Å². The van der Waals surface area contributed by atoms with Gasteiger partial charge in [-0.05, 0) is 30.7 Å². The second-order valence-corrected chi connectivity index (χ2v) is 6.64. The van der Waals surface area contributed by atoms with Crippen LogP contribution < -0.4 is 19.8 Å². The summed E-state index contributed by atoms with van der Waals surface area (Å²) in [6.45, 7) is 1.93. The van der Waals surface area contributed by atoms with E-state index in [0.29, 0.717) is 27.9 Å². The first-order valence-corrected chi connectivity index (χ1v) is 9.00. The van der Waals surface area contributed by atoms with Gasteiger partial charge in [-0.1, -0.05) is 23.7 Å². The Labute approximate surface area is 167 Å². The molecule has 0 unspecified atom stereocenters. The topological polar surface area (TPSA) is 80.2 Å². The number of nitrogens with zero attached hydrogens (tertiary/aromatic N) is 2. The molecule has 0 aromatic heterocycles. The highest BCUT2D eigenvalue weighted by Crippen LogP contribution is 2.36. The number of rotatable bonds is 5. The van der Waals surface area contributed by atoms with E-state index in [1.807, 2.05) is 25.1 Å². The molecule has 2 aromatic carbocycles. The van der Waals surface area contributed by atoms with Gasteiger partial charge in [0, 0.05) is 18.9 Å². The maximum atomic E-state index is 12.7. The van der Waals surface area contributed by atoms with Crippen LogP contribution >= 0.6 is 11.6 Å². The highest BCUT2D eigenvalue weighted by Gasteiger charge is 2.26. The average Bonchev–Trinajstić information content (AvgIpc) is 2.68. The van der Waals surface area contributed by atoms with E-state index >= 15 is 0 Å². The van der Waals surface area contributed by atoms with Gasteiger partial charge in [-0.15, -0.1) is 0 Å². The van der Waals surface area contributed by atoms with Crippen molar-refractivity contribution in [1.29, 1.82) is 0 Å². The van der Waals surface area contributed by atoms with E-state index in [4.69, 9.17) is 21.1 Å². The van der Waals surface area contributed by atoms with E-state index in [0.717, 1.165) is 5.56 Å². The van der Waals surface area contributed by atoms with Crippen LogP contribution in [0.25, 0.3) is 0 Å². The van der Waals surface area contributed by atoms with Gasteiger partial charge < -0.3 is 14.8 Å². The van der Waals surface area contributed by atoms with Gasteiger partial charge in [-0.3, -0.25) is 9.59 Å². The molecule has 28 heavy (non-hydrogen) atoms. The van der Waals surface area contributed by atoms with Gasteiger partial charge in [0.05, 0.1) is 30.6 Å². The lowest BCUT2D eigenvalue weighted by Crippen LogP contribution is -2.36. The van der Waals surface area contributed by atoms with Gasteiger partial charge in [0.1, 0.15) is 17.2 Å². The van der Waals surface area contributed by atoms with Crippen LogP contribution in [-0.2, 0) is 9.59 Å². The zero-order chi connectivity index (χ0) is 20.3. The third kappa shape index (κ3) is 4.09. The van der Waals surface area contributed by atoms with Crippen molar-refractivity contribution in [2.24, 2.45) is 5.10 Å². The van der Waals surface area contributed by atoms with Gasteiger partial charge in [0.25, 0.3) is 5.91 Å². The summed E-state index contributed by atoms with van der Waals surface area (Å²) in [5, 5.41) is 8.62. The van der Waals surface area contributed by atoms with Crippen LogP contribution in [0.3, 0.4) is 0 Å². The molecule has 0 saturated carbocycles. The molecule has 7 nitrogen and oxygen atoms in total. The van der Waals surface area contributed by atoms with Crippen molar-refractivity contribution in [2.75, 3.05) is 24.5 Å². The number of hydrazone groups is 1. The Bertz CT molecular complexity index is 958. The molecule has 1 heterocycles. The molecule has 2 amide bonds. The van der Waals surface area contributed by atoms with Crippen LogP contribution in [-0.4, -0.2) is 31.7 Å². The third-order valence-electron chi connectivity index (χ3n) is 4.26. The van der Waals surface area contributed by atoms with Gasteiger partial charge >= 0.3 is 0 Å². The Balaban J connectivity index is 1.87. The van der Waals surface area contributed by atoms with E-state index in [1.165, 1.54) is 19.2 Å². The number of ether oxygens (including phenoxy) is 2. The fourth-order valence-corrected chi connectivity index (χ4v) is 3.07. The van der Waals surface area contributed by atoms with E-state index in [1.54, 1.807) is 18.2 Å². The maximum Gasteiger partial charge on any atom is 0.271 e. The summed E-state index contributed by atoms with van der Waals surface area (Å²) in [5.74, 6) is 0.247.